The summed E-state index contributed by atoms with van der Waals surface area (Å²) >= 11 is 11.9. The van der Waals surface area contributed by atoms with Crippen LogP contribution in [0.25, 0.3) is 17.4 Å². The molecule has 2 aromatic rings. The van der Waals surface area contributed by atoms with Gasteiger partial charge in [-0.15, -0.1) is 0 Å². The molecule has 0 aliphatic carbocycles. The molecule has 7 heteroatoms. The van der Waals surface area contributed by atoms with E-state index in [0.717, 1.165) is 18.4 Å². The number of nitrogens with zero attached hydrogens (tertiary/aromatic N) is 1. The zero-order valence-electron chi connectivity index (χ0n) is 13.8. The van der Waals surface area contributed by atoms with Crippen molar-refractivity contribution < 1.29 is 13.9 Å². The normalized spacial score (nSPS) is 17.1. The molecule has 0 saturated carbocycles. The van der Waals surface area contributed by atoms with Crippen LogP contribution in [0.5, 0.6) is 0 Å². The molecule has 1 aromatic carbocycles. The fourth-order valence-electron chi connectivity index (χ4n) is 2.63. The van der Waals surface area contributed by atoms with Gasteiger partial charge in [0.15, 0.2) is 0 Å². The van der Waals surface area contributed by atoms with Gasteiger partial charge in [0.25, 0.3) is 5.91 Å². The van der Waals surface area contributed by atoms with Crippen molar-refractivity contribution in [3.05, 3.63) is 51.7 Å². The summed E-state index contributed by atoms with van der Waals surface area (Å²) in [4.78, 5) is 12.2. The molecule has 0 bridgehead atoms. The smallest absolute Gasteiger partial charge is 0.262 e. The van der Waals surface area contributed by atoms with E-state index in [1.807, 2.05) is 6.07 Å². The van der Waals surface area contributed by atoms with Crippen LogP contribution in [-0.4, -0.2) is 25.2 Å². The Morgan fingerprint density at radius 1 is 1.31 bits per heavy atom. The summed E-state index contributed by atoms with van der Waals surface area (Å²) in [5.74, 6) is 0.511. The predicted octanol–water partition coefficient (Wildman–Crippen LogP) is 4.46. The topological polar surface area (TPSA) is 75.3 Å². The SMILES string of the molecule is N#CC(=Cc1ccc(-c2ccc(Cl)c(Cl)c2)o1)C(=O)NCC1CCCO1. The van der Waals surface area contributed by atoms with Crippen molar-refractivity contribution in [2.75, 3.05) is 13.2 Å². The van der Waals surface area contributed by atoms with Crippen LogP contribution < -0.4 is 5.32 Å². The summed E-state index contributed by atoms with van der Waals surface area (Å²) in [6.07, 6.45) is 3.33. The molecule has 2 heterocycles. The van der Waals surface area contributed by atoms with Crippen LogP contribution >= 0.6 is 23.2 Å². The second-order valence-corrected chi connectivity index (χ2v) is 6.66. The summed E-state index contributed by atoms with van der Waals surface area (Å²) in [5.41, 5.74) is 0.721. The number of nitrogens with one attached hydrogen (secondary N) is 1. The van der Waals surface area contributed by atoms with Gasteiger partial charge < -0.3 is 14.5 Å². The highest BCUT2D eigenvalue weighted by atomic mass is 35.5. The average Bonchev–Trinajstić information content (AvgIpc) is 3.31. The quantitative estimate of drug-likeness (QED) is 0.603. The second-order valence-electron chi connectivity index (χ2n) is 5.85. The van der Waals surface area contributed by atoms with Gasteiger partial charge in [0.2, 0.25) is 0 Å². The van der Waals surface area contributed by atoms with E-state index in [4.69, 9.17) is 32.4 Å². The second kappa shape index (κ2) is 8.41. The first-order chi connectivity index (χ1) is 12.6. The molecule has 1 aromatic heterocycles. The maximum absolute atomic E-state index is 12.2. The highest BCUT2D eigenvalue weighted by Crippen LogP contribution is 2.30. The van der Waals surface area contributed by atoms with Crippen LogP contribution in [0.1, 0.15) is 18.6 Å². The summed E-state index contributed by atoms with van der Waals surface area (Å²) in [6, 6.07) is 10.5. The van der Waals surface area contributed by atoms with Crippen molar-refractivity contribution in [2.24, 2.45) is 0 Å². The minimum absolute atomic E-state index is 0.0174. The number of halogens is 2. The Balaban J connectivity index is 1.71. The molecule has 3 rings (SSSR count). The molecule has 1 saturated heterocycles. The van der Waals surface area contributed by atoms with Crippen molar-refractivity contribution in [3.63, 3.8) is 0 Å². The number of benzene rings is 1. The summed E-state index contributed by atoms with van der Waals surface area (Å²) in [5, 5.41) is 12.9. The molecule has 1 aliphatic heterocycles. The van der Waals surface area contributed by atoms with Crippen LogP contribution in [0.3, 0.4) is 0 Å². The van der Waals surface area contributed by atoms with Gasteiger partial charge in [0, 0.05) is 24.8 Å². The molecular weight excluding hydrogens is 375 g/mol. The molecule has 1 unspecified atom stereocenters. The van der Waals surface area contributed by atoms with E-state index in [2.05, 4.69) is 5.32 Å². The van der Waals surface area contributed by atoms with E-state index in [0.29, 0.717) is 34.7 Å². The van der Waals surface area contributed by atoms with E-state index in [-0.39, 0.29) is 11.7 Å². The Hall–Kier alpha value is -2.26. The monoisotopic (exact) mass is 390 g/mol. The van der Waals surface area contributed by atoms with Gasteiger partial charge in [-0.05, 0) is 43.2 Å². The Morgan fingerprint density at radius 2 is 2.15 bits per heavy atom. The molecule has 26 heavy (non-hydrogen) atoms. The Bertz CT molecular complexity index is 877. The van der Waals surface area contributed by atoms with Crippen molar-refractivity contribution >= 4 is 35.2 Å². The van der Waals surface area contributed by atoms with Crippen LogP contribution in [0.15, 0.2) is 40.3 Å². The van der Waals surface area contributed by atoms with Gasteiger partial charge in [-0.2, -0.15) is 5.26 Å². The third-order valence-electron chi connectivity index (χ3n) is 4.00. The Labute approximate surface area is 161 Å². The lowest BCUT2D eigenvalue weighted by Gasteiger charge is -2.09. The lowest BCUT2D eigenvalue weighted by Crippen LogP contribution is -2.32. The van der Waals surface area contributed by atoms with Gasteiger partial charge in [-0.3, -0.25) is 4.79 Å². The van der Waals surface area contributed by atoms with E-state index in [1.165, 1.54) is 6.08 Å². The maximum atomic E-state index is 12.2. The number of hydrogen-bond donors (Lipinski definition) is 1. The highest BCUT2D eigenvalue weighted by molar-refractivity contribution is 6.42. The van der Waals surface area contributed by atoms with Gasteiger partial charge in [0.1, 0.15) is 23.2 Å². The molecule has 1 amide bonds. The van der Waals surface area contributed by atoms with Crippen molar-refractivity contribution in [3.8, 4) is 17.4 Å². The van der Waals surface area contributed by atoms with Gasteiger partial charge in [-0.1, -0.05) is 23.2 Å². The predicted molar refractivity (Wildman–Crippen MR) is 99.7 cm³/mol. The zero-order valence-corrected chi connectivity index (χ0v) is 15.3. The van der Waals surface area contributed by atoms with Crippen molar-refractivity contribution in [2.45, 2.75) is 18.9 Å². The minimum Gasteiger partial charge on any atom is -0.457 e. The van der Waals surface area contributed by atoms with Gasteiger partial charge in [0.05, 0.1) is 16.1 Å². The first-order valence-corrected chi connectivity index (χ1v) is 8.89. The number of nitriles is 1. The molecule has 1 N–H and O–H groups in total. The standard InChI is InChI=1S/C19H16Cl2N2O3/c20-16-5-3-12(9-17(16)21)18-6-4-14(26-18)8-13(10-22)19(24)23-11-15-2-1-7-25-15/h3-6,8-9,15H,1-2,7,11H2,(H,23,24). The molecule has 1 atom stereocenters. The average molecular weight is 391 g/mol. The van der Waals surface area contributed by atoms with E-state index in [9.17, 15) is 10.1 Å². The number of rotatable bonds is 5. The molecule has 1 aliphatic rings. The maximum Gasteiger partial charge on any atom is 0.262 e. The molecular formula is C19H16Cl2N2O3. The molecule has 1 fully saturated rings. The lowest BCUT2D eigenvalue weighted by molar-refractivity contribution is -0.117. The number of furan rings is 1. The summed E-state index contributed by atoms with van der Waals surface area (Å²) < 4.78 is 11.1. The molecule has 0 radical (unpaired) electrons. The molecule has 0 spiro atoms. The number of ether oxygens (including phenoxy) is 1. The highest BCUT2D eigenvalue weighted by Gasteiger charge is 2.18. The van der Waals surface area contributed by atoms with E-state index in [1.54, 1.807) is 30.3 Å². The van der Waals surface area contributed by atoms with Crippen molar-refractivity contribution in [1.82, 2.24) is 5.32 Å². The van der Waals surface area contributed by atoms with Crippen molar-refractivity contribution in [1.29, 1.82) is 5.26 Å². The fraction of sp³-hybridized carbons (Fsp3) is 0.263. The summed E-state index contributed by atoms with van der Waals surface area (Å²) in [6.45, 7) is 1.11. The van der Waals surface area contributed by atoms with E-state index < -0.39 is 5.91 Å². The van der Waals surface area contributed by atoms with Gasteiger partial charge >= 0.3 is 0 Å². The first-order valence-electron chi connectivity index (χ1n) is 8.13. The zero-order chi connectivity index (χ0) is 18.5. The fourth-order valence-corrected chi connectivity index (χ4v) is 2.93. The number of carbonyl (C=O) groups is 1. The number of amides is 1. The van der Waals surface area contributed by atoms with Crippen LogP contribution in [-0.2, 0) is 9.53 Å². The first kappa shape index (κ1) is 18.5. The Morgan fingerprint density at radius 3 is 2.85 bits per heavy atom. The van der Waals surface area contributed by atoms with E-state index >= 15 is 0 Å². The third kappa shape index (κ3) is 4.47. The number of carbonyl (C=O) groups excluding carboxylic acids is 1. The largest absolute Gasteiger partial charge is 0.457 e. The van der Waals surface area contributed by atoms with Crippen LogP contribution in [0.4, 0.5) is 0 Å². The molecule has 5 nitrogen and oxygen atoms in total. The lowest BCUT2D eigenvalue weighted by atomic mass is 10.2. The third-order valence-corrected chi connectivity index (χ3v) is 4.74. The Kier molecular flexibility index (Phi) is 6.00. The number of hydrogen-bond acceptors (Lipinski definition) is 4. The summed E-state index contributed by atoms with van der Waals surface area (Å²) in [7, 11) is 0. The van der Waals surface area contributed by atoms with Crippen LogP contribution in [0, 0.1) is 11.3 Å². The minimum atomic E-state index is -0.449. The molecule has 134 valence electrons. The van der Waals surface area contributed by atoms with Crippen LogP contribution in [0.2, 0.25) is 10.0 Å². The van der Waals surface area contributed by atoms with Gasteiger partial charge in [-0.25, -0.2) is 0 Å².